The van der Waals surface area contributed by atoms with Crippen molar-refractivity contribution in [3.8, 4) is 0 Å². The molecule has 0 fully saturated rings. The highest BCUT2D eigenvalue weighted by Gasteiger charge is 2.16. The molecule has 122 valence electrons. The first-order chi connectivity index (χ1) is 10.9. The van der Waals surface area contributed by atoms with Crippen LogP contribution in [0.3, 0.4) is 0 Å². The topological polar surface area (TPSA) is 107 Å². The minimum atomic E-state index is -0.651. The monoisotopic (exact) mass is 334 g/mol. The number of nitrogens with one attached hydrogen (secondary N) is 4. The van der Waals surface area contributed by atoms with E-state index < -0.39 is 11.9 Å². The van der Waals surface area contributed by atoms with E-state index in [0.29, 0.717) is 23.0 Å². The quantitative estimate of drug-likeness (QED) is 0.617. The van der Waals surface area contributed by atoms with Crippen molar-refractivity contribution in [1.82, 2.24) is 20.6 Å². The van der Waals surface area contributed by atoms with Crippen LogP contribution in [-0.2, 0) is 4.79 Å². The second kappa shape index (κ2) is 7.19. The summed E-state index contributed by atoms with van der Waals surface area (Å²) in [7, 11) is 0. The van der Waals surface area contributed by atoms with E-state index in [1.807, 2.05) is 6.92 Å². The molecule has 8 heteroatoms. The number of hydrogen-bond acceptors (Lipinski definition) is 4. The number of hydrogen-bond donors (Lipinski definition) is 4. The average molecular weight is 334 g/mol. The highest BCUT2D eigenvalue weighted by Crippen LogP contribution is 2.10. The highest BCUT2D eigenvalue weighted by atomic mass is 32.1. The van der Waals surface area contributed by atoms with Crippen molar-refractivity contribution in [2.75, 3.05) is 6.54 Å². The molecule has 1 heterocycles. The summed E-state index contributed by atoms with van der Waals surface area (Å²) >= 11 is 4.92. The Morgan fingerprint density at radius 2 is 2.04 bits per heavy atom. The number of H-pyrrole nitrogens is 2. The van der Waals surface area contributed by atoms with Crippen molar-refractivity contribution in [3.05, 3.63) is 38.9 Å². The van der Waals surface area contributed by atoms with Gasteiger partial charge in [-0.3, -0.25) is 19.4 Å². The maximum atomic E-state index is 12.2. The number of aromatic amines is 2. The zero-order valence-corrected chi connectivity index (χ0v) is 13.7. The molecule has 0 aliphatic heterocycles. The van der Waals surface area contributed by atoms with Crippen LogP contribution in [0.25, 0.3) is 10.9 Å². The van der Waals surface area contributed by atoms with Gasteiger partial charge in [0.1, 0.15) is 6.04 Å². The van der Waals surface area contributed by atoms with Gasteiger partial charge >= 0.3 is 0 Å². The molecule has 0 radical (unpaired) electrons. The van der Waals surface area contributed by atoms with Crippen molar-refractivity contribution in [2.24, 2.45) is 0 Å². The number of fused-ring (bicyclic) bond motifs is 1. The normalized spacial score (nSPS) is 11.9. The molecule has 23 heavy (non-hydrogen) atoms. The first kappa shape index (κ1) is 16.9. The first-order valence-corrected chi connectivity index (χ1v) is 7.68. The number of amides is 2. The standard InChI is InChI=1S/C15H18N4O3S/c1-3-6-16-12(20)8(2)17-13(21)9-4-5-10-11(7-9)18-15(23)19-14(10)22/h4-5,7-8H,3,6H2,1-2H3,(H,16,20)(H,17,21)(H2,18,19,22,23). The SMILES string of the molecule is CCCNC(=O)C(C)NC(=O)c1ccc2c(=O)[nH]c(=S)[nH]c2c1. The number of carbonyl (C=O) groups is 2. The molecule has 2 rings (SSSR count). The fourth-order valence-corrected chi connectivity index (χ4v) is 2.26. The molecule has 0 aliphatic rings. The van der Waals surface area contributed by atoms with E-state index in [1.165, 1.54) is 18.2 Å². The van der Waals surface area contributed by atoms with Gasteiger partial charge in [0.2, 0.25) is 5.91 Å². The molecule has 4 N–H and O–H groups in total. The van der Waals surface area contributed by atoms with Gasteiger partial charge < -0.3 is 15.6 Å². The van der Waals surface area contributed by atoms with Gasteiger partial charge in [-0.2, -0.15) is 0 Å². The lowest BCUT2D eigenvalue weighted by atomic mass is 10.1. The number of benzene rings is 1. The molecule has 1 aromatic carbocycles. The van der Waals surface area contributed by atoms with Gasteiger partial charge in [0.05, 0.1) is 10.9 Å². The van der Waals surface area contributed by atoms with E-state index in [4.69, 9.17) is 12.2 Å². The molecule has 1 aromatic heterocycles. The first-order valence-electron chi connectivity index (χ1n) is 7.27. The fourth-order valence-electron chi connectivity index (χ4n) is 2.06. The van der Waals surface area contributed by atoms with E-state index in [9.17, 15) is 14.4 Å². The molecule has 1 atom stereocenters. The van der Waals surface area contributed by atoms with Crippen LogP contribution in [-0.4, -0.2) is 34.4 Å². The number of carbonyl (C=O) groups excluding carboxylic acids is 2. The van der Waals surface area contributed by atoms with Crippen LogP contribution in [0.4, 0.5) is 0 Å². The van der Waals surface area contributed by atoms with E-state index >= 15 is 0 Å². The molecule has 2 amide bonds. The van der Waals surface area contributed by atoms with Gasteiger partial charge in [-0.05, 0) is 43.8 Å². The van der Waals surface area contributed by atoms with Crippen LogP contribution in [0.2, 0.25) is 0 Å². The average Bonchev–Trinajstić information content (AvgIpc) is 2.51. The Morgan fingerprint density at radius 1 is 1.30 bits per heavy atom. The van der Waals surface area contributed by atoms with Crippen LogP contribution in [0.15, 0.2) is 23.0 Å². The van der Waals surface area contributed by atoms with Crippen molar-refractivity contribution in [1.29, 1.82) is 0 Å². The van der Waals surface area contributed by atoms with Gasteiger partial charge in [-0.1, -0.05) is 6.92 Å². The molecule has 2 aromatic rings. The maximum absolute atomic E-state index is 12.2. The lowest BCUT2D eigenvalue weighted by Crippen LogP contribution is -2.45. The second-order valence-electron chi connectivity index (χ2n) is 5.15. The van der Waals surface area contributed by atoms with E-state index in [1.54, 1.807) is 6.92 Å². The zero-order chi connectivity index (χ0) is 17.0. The Hall–Kier alpha value is -2.48. The summed E-state index contributed by atoms with van der Waals surface area (Å²) in [6.07, 6.45) is 0.824. The summed E-state index contributed by atoms with van der Waals surface area (Å²) in [5.74, 6) is -0.637. The summed E-state index contributed by atoms with van der Waals surface area (Å²) in [6.45, 7) is 4.13. The number of rotatable bonds is 5. The Morgan fingerprint density at radius 3 is 2.74 bits per heavy atom. The predicted molar refractivity (Wildman–Crippen MR) is 90.0 cm³/mol. The van der Waals surface area contributed by atoms with Gasteiger partial charge in [-0.25, -0.2) is 0 Å². The summed E-state index contributed by atoms with van der Waals surface area (Å²) in [4.78, 5) is 41.1. The van der Waals surface area contributed by atoms with Crippen LogP contribution < -0.4 is 16.2 Å². The molecule has 7 nitrogen and oxygen atoms in total. The lowest BCUT2D eigenvalue weighted by molar-refractivity contribution is -0.122. The largest absolute Gasteiger partial charge is 0.354 e. The van der Waals surface area contributed by atoms with Crippen molar-refractivity contribution in [2.45, 2.75) is 26.3 Å². The van der Waals surface area contributed by atoms with Gasteiger partial charge in [0.25, 0.3) is 11.5 Å². The molecule has 0 bridgehead atoms. The third kappa shape index (κ3) is 4.04. The Balaban J connectivity index is 2.20. The minimum Gasteiger partial charge on any atom is -0.354 e. The van der Waals surface area contributed by atoms with Crippen LogP contribution >= 0.6 is 12.2 Å². The third-order valence-corrected chi connectivity index (χ3v) is 3.50. The molecule has 0 aliphatic carbocycles. The van der Waals surface area contributed by atoms with Crippen molar-refractivity contribution in [3.63, 3.8) is 0 Å². The summed E-state index contributed by atoms with van der Waals surface area (Å²) < 4.78 is 0.187. The second-order valence-corrected chi connectivity index (χ2v) is 5.56. The fraction of sp³-hybridized carbons (Fsp3) is 0.333. The molecule has 0 saturated heterocycles. The van der Waals surface area contributed by atoms with Crippen LogP contribution in [0, 0.1) is 4.77 Å². The summed E-state index contributed by atoms with van der Waals surface area (Å²) in [5, 5.41) is 5.74. The van der Waals surface area contributed by atoms with E-state index in [0.717, 1.165) is 6.42 Å². The summed E-state index contributed by atoms with van der Waals surface area (Å²) in [5.41, 5.74) is 0.487. The predicted octanol–water partition coefficient (Wildman–Crippen LogP) is 1.23. The van der Waals surface area contributed by atoms with Gasteiger partial charge in [-0.15, -0.1) is 0 Å². The van der Waals surface area contributed by atoms with Gasteiger partial charge in [0.15, 0.2) is 4.77 Å². The summed E-state index contributed by atoms with van der Waals surface area (Å²) in [6, 6.07) is 3.95. The molecule has 0 spiro atoms. The molecule has 1 unspecified atom stereocenters. The number of aromatic nitrogens is 2. The Labute approximate surface area is 137 Å². The smallest absolute Gasteiger partial charge is 0.259 e. The Bertz CT molecular complexity index is 856. The van der Waals surface area contributed by atoms with Crippen molar-refractivity contribution < 1.29 is 9.59 Å². The van der Waals surface area contributed by atoms with E-state index in [2.05, 4.69) is 20.6 Å². The minimum absolute atomic E-state index is 0.187. The Kier molecular flexibility index (Phi) is 5.28. The molecule has 0 saturated carbocycles. The highest BCUT2D eigenvalue weighted by molar-refractivity contribution is 7.71. The zero-order valence-electron chi connectivity index (χ0n) is 12.9. The third-order valence-electron chi connectivity index (χ3n) is 3.29. The van der Waals surface area contributed by atoms with Crippen molar-refractivity contribution >= 4 is 34.9 Å². The molecular weight excluding hydrogens is 316 g/mol. The van der Waals surface area contributed by atoms with Gasteiger partial charge in [0, 0.05) is 12.1 Å². The maximum Gasteiger partial charge on any atom is 0.259 e. The van der Waals surface area contributed by atoms with Crippen LogP contribution in [0.5, 0.6) is 0 Å². The molecular formula is C15H18N4O3S. The van der Waals surface area contributed by atoms with E-state index in [-0.39, 0.29) is 16.2 Å². The van der Waals surface area contributed by atoms with Crippen LogP contribution in [0.1, 0.15) is 30.6 Å². The lowest BCUT2D eigenvalue weighted by Gasteiger charge is -2.14.